The Balaban J connectivity index is 3.15. The number of aliphatic hydroxyl groups excluding tert-OH is 1. The van der Waals surface area contributed by atoms with Crippen LogP contribution < -0.4 is 0 Å². The molecule has 0 heterocycles. The molecule has 0 spiro atoms. The Morgan fingerprint density at radius 1 is 1.31 bits per heavy atom. The largest absolute Gasteiger partial charge is 0.390 e. The Morgan fingerprint density at radius 3 is 2.38 bits per heavy atom. The van der Waals surface area contributed by atoms with Crippen molar-refractivity contribution in [1.82, 2.24) is 0 Å². The highest BCUT2D eigenvalue weighted by Gasteiger charge is 2.31. The Morgan fingerprint density at radius 2 is 1.92 bits per heavy atom. The molecule has 1 nitrogen and oxygen atoms in total. The van der Waals surface area contributed by atoms with Crippen LogP contribution in [0.4, 0.5) is 13.2 Å². The summed E-state index contributed by atoms with van der Waals surface area (Å²) in [6, 6.07) is 2.47. The average molecular weight is 211 g/mol. The molecule has 0 aromatic heterocycles. The first-order valence-corrected chi connectivity index (χ1v) is 3.79. The van der Waals surface area contributed by atoms with Crippen LogP contribution in [0.25, 0.3) is 0 Å². The first-order valence-electron chi connectivity index (χ1n) is 3.41. The van der Waals surface area contributed by atoms with Gasteiger partial charge in [0.05, 0.1) is 0 Å². The fraction of sp³-hybridized carbons (Fsp3) is 0.250. The smallest absolute Gasteiger partial charge is 0.295 e. The molecule has 0 aliphatic heterocycles. The molecule has 13 heavy (non-hydrogen) atoms. The monoisotopic (exact) mass is 210 g/mol. The molecule has 0 radical (unpaired) electrons. The lowest BCUT2D eigenvalue weighted by atomic mass is 10.1. The minimum Gasteiger partial charge on any atom is -0.390 e. The van der Waals surface area contributed by atoms with Crippen LogP contribution in [0.3, 0.4) is 0 Å². The van der Waals surface area contributed by atoms with Crippen molar-refractivity contribution in [1.29, 1.82) is 0 Å². The third-order valence-corrected chi connectivity index (χ3v) is 1.70. The molecule has 0 atom stereocenters. The normalized spacial score (nSPS) is 11.8. The highest BCUT2D eigenvalue weighted by Crippen LogP contribution is 2.29. The highest BCUT2D eigenvalue weighted by atomic mass is 35.5. The van der Waals surface area contributed by atoms with Crippen molar-refractivity contribution in [2.24, 2.45) is 0 Å². The molecule has 1 rings (SSSR count). The molecular formula is C8H6ClF3O. The number of aliphatic hydroxyl groups is 1. The summed E-state index contributed by atoms with van der Waals surface area (Å²) >= 11 is 5.36. The molecule has 0 amide bonds. The maximum absolute atomic E-state index is 12.8. The maximum Gasteiger partial charge on any atom is 0.295 e. The van der Waals surface area contributed by atoms with E-state index < -0.39 is 23.9 Å². The Bertz CT molecular complexity index is 294. The lowest BCUT2D eigenvalue weighted by Gasteiger charge is -2.13. The Kier molecular flexibility index (Phi) is 2.83. The molecule has 0 bridgehead atoms. The van der Waals surface area contributed by atoms with Gasteiger partial charge in [-0.3, -0.25) is 0 Å². The zero-order valence-corrected chi connectivity index (χ0v) is 7.15. The minimum absolute atomic E-state index is 0.122. The van der Waals surface area contributed by atoms with Crippen LogP contribution in [0.15, 0.2) is 18.2 Å². The summed E-state index contributed by atoms with van der Waals surface area (Å²) in [6.45, 7) is -1.37. The van der Waals surface area contributed by atoms with Crippen LogP contribution in [0, 0.1) is 5.82 Å². The summed E-state index contributed by atoms with van der Waals surface area (Å²) in [5.41, 5.74) is -0.625. The van der Waals surface area contributed by atoms with E-state index in [4.69, 9.17) is 16.7 Å². The van der Waals surface area contributed by atoms with E-state index in [9.17, 15) is 13.2 Å². The van der Waals surface area contributed by atoms with Crippen LogP contribution in [0.5, 0.6) is 0 Å². The SMILES string of the molecule is OCC(F)(F)c1cc(F)cc(Cl)c1. The molecular weight excluding hydrogens is 205 g/mol. The number of hydrogen-bond acceptors (Lipinski definition) is 1. The number of alkyl halides is 2. The number of halogens is 4. The van der Waals surface area contributed by atoms with Crippen LogP contribution in [-0.4, -0.2) is 11.7 Å². The fourth-order valence-corrected chi connectivity index (χ4v) is 1.08. The number of benzene rings is 1. The standard InChI is InChI=1S/C8H6ClF3O/c9-6-1-5(2-7(10)3-6)8(11,12)4-13/h1-3,13H,4H2. The van der Waals surface area contributed by atoms with Crippen LogP contribution in [-0.2, 0) is 5.92 Å². The zero-order chi connectivity index (χ0) is 10.1. The molecule has 1 aromatic rings. The van der Waals surface area contributed by atoms with E-state index in [2.05, 4.69) is 0 Å². The van der Waals surface area contributed by atoms with Gasteiger partial charge in [0.1, 0.15) is 12.4 Å². The van der Waals surface area contributed by atoms with Gasteiger partial charge in [-0.2, -0.15) is 8.78 Å². The second-order valence-electron chi connectivity index (χ2n) is 2.52. The van der Waals surface area contributed by atoms with E-state index in [0.717, 1.165) is 12.1 Å². The first kappa shape index (κ1) is 10.3. The van der Waals surface area contributed by atoms with Gasteiger partial charge in [0.2, 0.25) is 0 Å². The Labute approximate surface area is 77.8 Å². The molecule has 0 saturated heterocycles. The second kappa shape index (κ2) is 3.55. The lowest BCUT2D eigenvalue weighted by Crippen LogP contribution is -2.18. The molecule has 0 unspecified atom stereocenters. The van der Waals surface area contributed by atoms with Crippen molar-refractivity contribution < 1.29 is 18.3 Å². The van der Waals surface area contributed by atoms with Gasteiger partial charge in [-0.15, -0.1) is 0 Å². The van der Waals surface area contributed by atoms with Crippen molar-refractivity contribution in [2.75, 3.05) is 6.61 Å². The molecule has 0 aliphatic rings. The Hall–Kier alpha value is -0.740. The van der Waals surface area contributed by atoms with Gasteiger partial charge >= 0.3 is 0 Å². The molecule has 5 heteroatoms. The van der Waals surface area contributed by atoms with E-state index in [1.807, 2.05) is 0 Å². The minimum atomic E-state index is -3.45. The van der Waals surface area contributed by atoms with Crippen molar-refractivity contribution >= 4 is 11.6 Å². The first-order chi connectivity index (χ1) is 5.95. The summed E-state index contributed by atoms with van der Waals surface area (Å²) in [6.07, 6.45) is 0. The molecule has 1 aromatic carbocycles. The quantitative estimate of drug-likeness (QED) is 0.796. The van der Waals surface area contributed by atoms with Gasteiger partial charge in [-0.25, -0.2) is 4.39 Å². The summed E-state index contributed by atoms with van der Waals surface area (Å²) in [4.78, 5) is 0. The maximum atomic E-state index is 12.8. The van der Waals surface area contributed by atoms with E-state index in [1.54, 1.807) is 0 Å². The fourth-order valence-electron chi connectivity index (χ4n) is 0.856. The summed E-state index contributed by atoms with van der Waals surface area (Å²) in [7, 11) is 0. The molecule has 72 valence electrons. The highest BCUT2D eigenvalue weighted by molar-refractivity contribution is 6.30. The summed E-state index contributed by atoms with van der Waals surface area (Å²) in [5.74, 6) is -4.30. The van der Waals surface area contributed by atoms with Gasteiger partial charge in [-0.05, 0) is 18.2 Å². The van der Waals surface area contributed by atoms with Crippen LogP contribution in [0.1, 0.15) is 5.56 Å². The number of hydrogen-bond donors (Lipinski definition) is 1. The molecule has 0 saturated carbocycles. The van der Waals surface area contributed by atoms with Gasteiger partial charge in [-0.1, -0.05) is 11.6 Å². The molecule has 0 aliphatic carbocycles. The molecule has 1 N–H and O–H groups in total. The van der Waals surface area contributed by atoms with Crippen molar-refractivity contribution in [2.45, 2.75) is 5.92 Å². The molecule has 0 fully saturated rings. The zero-order valence-electron chi connectivity index (χ0n) is 6.40. The van der Waals surface area contributed by atoms with Gasteiger partial charge in [0, 0.05) is 10.6 Å². The summed E-state index contributed by atoms with van der Waals surface area (Å²) in [5, 5.41) is 8.19. The number of rotatable bonds is 2. The van der Waals surface area contributed by atoms with Crippen molar-refractivity contribution in [3.05, 3.63) is 34.6 Å². The second-order valence-corrected chi connectivity index (χ2v) is 2.96. The van der Waals surface area contributed by atoms with E-state index in [0.29, 0.717) is 6.07 Å². The van der Waals surface area contributed by atoms with Crippen LogP contribution in [0.2, 0.25) is 5.02 Å². The third kappa shape index (κ3) is 2.35. The predicted molar refractivity (Wildman–Crippen MR) is 42.4 cm³/mol. The van der Waals surface area contributed by atoms with Crippen molar-refractivity contribution in [3.63, 3.8) is 0 Å². The summed E-state index contributed by atoms with van der Waals surface area (Å²) < 4.78 is 38.1. The van der Waals surface area contributed by atoms with Gasteiger partial charge in [0.25, 0.3) is 5.92 Å². The topological polar surface area (TPSA) is 20.2 Å². The average Bonchev–Trinajstić information content (AvgIpc) is 2.02. The van der Waals surface area contributed by atoms with Gasteiger partial charge in [0.15, 0.2) is 0 Å². The van der Waals surface area contributed by atoms with E-state index >= 15 is 0 Å². The predicted octanol–water partition coefficient (Wildman–Crippen LogP) is 2.56. The van der Waals surface area contributed by atoms with Gasteiger partial charge < -0.3 is 5.11 Å². The lowest BCUT2D eigenvalue weighted by molar-refractivity contribution is -0.0558. The third-order valence-electron chi connectivity index (χ3n) is 1.48. The van der Waals surface area contributed by atoms with E-state index in [1.165, 1.54) is 0 Å². The van der Waals surface area contributed by atoms with Crippen molar-refractivity contribution in [3.8, 4) is 0 Å². The van der Waals surface area contributed by atoms with E-state index in [-0.39, 0.29) is 5.02 Å². The van der Waals surface area contributed by atoms with Crippen LogP contribution >= 0.6 is 11.6 Å².